The maximum atomic E-state index is 12.4. The molecule has 1 fully saturated rings. The van der Waals surface area contributed by atoms with Crippen LogP contribution in [0.25, 0.3) is 0 Å². The number of hydrogen-bond acceptors (Lipinski definition) is 4. The van der Waals surface area contributed by atoms with Gasteiger partial charge in [-0.25, -0.2) is 4.79 Å². The van der Waals surface area contributed by atoms with E-state index >= 15 is 0 Å². The second-order valence-corrected chi connectivity index (χ2v) is 6.00. The number of aryl methyl sites for hydroxylation is 1. The van der Waals surface area contributed by atoms with E-state index in [0.29, 0.717) is 17.3 Å². The van der Waals surface area contributed by atoms with Gasteiger partial charge in [-0.3, -0.25) is 15.0 Å². The zero-order chi connectivity index (χ0) is 16.4. The van der Waals surface area contributed by atoms with Gasteiger partial charge in [0, 0.05) is 49.5 Å². The third-order valence-electron chi connectivity index (χ3n) is 4.46. The summed E-state index contributed by atoms with van der Waals surface area (Å²) in [6, 6.07) is 4.89. The molecule has 2 aliphatic rings. The maximum absolute atomic E-state index is 12.4. The minimum Gasteiger partial charge on any atom is -0.323 e. The standard InChI is InChI=1S/C16H20N4O3/c1-12-10-13(4-5-15(12)20(22)23)17-16(21)19-9-6-14(11-19)18-7-2-3-8-18/h2-5,10,14H,6-9,11H2,1H3,(H,17,21). The van der Waals surface area contributed by atoms with Crippen LogP contribution in [0.15, 0.2) is 30.4 Å². The Morgan fingerprint density at radius 1 is 1.35 bits per heavy atom. The van der Waals surface area contributed by atoms with Crippen molar-refractivity contribution in [2.24, 2.45) is 0 Å². The molecule has 2 aliphatic heterocycles. The van der Waals surface area contributed by atoms with E-state index in [4.69, 9.17) is 0 Å². The number of nitro groups is 1. The number of carbonyl (C=O) groups excluding carboxylic acids is 1. The summed E-state index contributed by atoms with van der Waals surface area (Å²) in [5.74, 6) is 0. The summed E-state index contributed by atoms with van der Waals surface area (Å²) >= 11 is 0. The number of nitro benzene ring substituents is 1. The minimum absolute atomic E-state index is 0.0609. The van der Waals surface area contributed by atoms with Crippen molar-refractivity contribution in [2.75, 3.05) is 31.5 Å². The molecule has 1 atom stereocenters. The molecule has 1 unspecified atom stereocenters. The number of likely N-dealkylation sites (tertiary alicyclic amines) is 1. The molecule has 2 heterocycles. The predicted octanol–water partition coefficient (Wildman–Crippen LogP) is 2.38. The van der Waals surface area contributed by atoms with Crippen molar-refractivity contribution in [3.05, 3.63) is 46.0 Å². The SMILES string of the molecule is Cc1cc(NC(=O)N2CCC(N3CC=CC3)C2)ccc1[N+](=O)[O-]. The van der Waals surface area contributed by atoms with Gasteiger partial charge in [0.15, 0.2) is 0 Å². The number of urea groups is 1. The Hall–Kier alpha value is -2.41. The second-order valence-electron chi connectivity index (χ2n) is 6.00. The Balaban J connectivity index is 1.59. The topological polar surface area (TPSA) is 78.7 Å². The van der Waals surface area contributed by atoms with Crippen LogP contribution in [0.4, 0.5) is 16.2 Å². The van der Waals surface area contributed by atoms with Crippen LogP contribution < -0.4 is 5.32 Å². The number of nitrogens with zero attached hydrogens (tertiary/aromatic N) is 3. The Bertz CT molecular complexity index is 651. The normalized spacial score (nSPS) is 20.9. The van der Waals surface area contributed by atoms with Crippen LogP contribution >= 0.6 is 0 Å². The lowest BCUT2D eigenvalue weighted by Gasteiger charge is -2.23. The van der Waals surface area contributed by atoms with Gasteiger partial charge >= 0.3 is 6.03 Å². The highest BCUT2D eigenvalue weighted by molar-refractivity contribution is 5.89. The molecule has 0 bridgehead atoms. The Labute approximate surface area is 134 Å². The van der Waals surface area contributed by atoms with Crippen molar-refractivity contribution in [1.82, 2.24) is 9.80 Å². The van der Waals surface area contributed by atoms with E-state index in [0.717, 1.165) is 32.6 Å². The number of amides is 2. The predicted molar refractivity (Wildman–Crippen MR) is 87.5 cm³/mol. The number of anilines is 1. The second kappa shape index (κ2) is 6.37. The molecule has 1 aromatic rings. The lowest BCUT2D eigenvalue weighted by molar-refractivity contribution is -0.385. The van der Waals surface area contributed by atoms with Crippen LogP contribution in [0.3, 0.4) is 0 Å². The molecule has 0 spiro atoms. The zero-order valence-electron chi connectivity index (χ0n) is 13.1. The van der Waals surface area contributed by atoms with Gasteiger partial charge in [0.05, 0.1) is 4.92 Å². The number of benzene rings is 1. The molecule has 1 aromatic carbocycles. The van der Waals surface area contributed by atoms with Gasteiger partial charge in [-0.1, -0.05) is 12.2 Å². The van der Waals surface area contributed by atoms with E-state index in [2.05, 4.69) is 22.4 Å². The van der Waals surface area contributed by atoms with E-state index in [-0.39, 0.29) is 11.7 Å². The van der Waals surface area contributed by atoms with Gasteiger partial charge < -0.3 is 10.2 Å². The monoisotopic (exact) mass is 316 g/mol. The fraction of sp³-hybridized carbons (Fsp3) is 0.438. The molecule has 3 rings (SSSR count). The maximum Gasteiger partial charge on any atom is 0.321 e. The molecular weight excluding hydrogens is 296 g/mol. The van der Waals surface area contributed by atoms with Gasteiger partial charge in [0.25, 0.3) is 5.69 Å². The highest BCUT2D eigenvalue weighted by Gasteiger charge is 2.30. The van der Waals surface area contributed by atoms with Crippen LogP contribution in [0.5, 0.6) is 0 Å². The third-order valence-corrected chi connectivity index (χ3v) is 4.46. The van der Waals surface area contributed by atoms with Crippen molar-refractivity contribution in [3.8, 4) is 0 Å². The fourth-order valence-corrected chi connectivity index (χ4v) is 3.16. The first kappa shape index (κ1) is 15.5. The van der Waals surface area contributed by atoms with E-state index in [1.807, 2.05) is 0 Å². The lowest BCUT2D eigenvalue weighted by atomic mass is 10.2. The van der Waals surface area contributed by atoms with Crippen LogP contribution in [-0.4, -0.2) is 53.0 Å². The summed E-state index contributed by atoms with van der Waals surface area (Å²) in [7, 11) is 0. The van der Waals surface area contributed by atoms with Gasteiger partial charge in [0.2, 0.25) is 0 Å². The Morgan fingerprint density at radius 3 is 2.74 bits per heavy atom. The lowest BCUT2D eigenvalue weighted by Crippen LogP contribution is -2.38. The smallest absolute Gasteiger partial charge is 0.321 e. The van der Waals surface area contributed by atoms with E-state index in [1.54, 1.807) is 24.0 Å². The first-order chi connectivity index (χ1) is 11.0. The van der Waals surface area contributed by atoms with E-state index in [1.165, 1.54) is 6.07 Å². The van der Waals surface area contributed by atoms with E-state index < -0.39 is 4.92 Å². The van der Waals surface area contributed by atoms with Gasteiger partial charge in [-0.05, 0) is 25.5 Å². The van der Waals surface area contributed by atoms with Gasteiger partial charge in [-0.2, -0.15) is 0 Å². The van der Waals surface area contributed by atoms with Gasteiger partial charge in [0.1, 0.15) is 0 Å². The molecule has 0 radical (unpaired) electrons. The van der Waals surface area contributed by atoms with Gasteiger partial charge in [-0.15, -0.1) is 0 Å². The molecular formula is C16H20N4O3. The Morgan fingerprint density at radius 2 is 2.09 bits per heavy atom. The van der Waals surface area contributed by atoms with Crippen molar-refractivity contribution >= 4 is 17.4 Å². The molecule has 0 aliphatic carbocycles. The number of rotatable bonds is 3. The highest BCUT2D eigenvalue weighted by atomic mass is 16.6. The summed E-state index contributed by atoms with van der Waals surface area (Å²) < 4.78 is 0. The van der Waals surface area contributed by atoms with Crippen LogP contribution in [0.1, 0.15) is 12.0 Å². The number of carbonyl (C=O) groups is 1. The third kappa shape index (κ3) is 3.34. The highest BCUT2D eigenvalue weighted by Crippen LogP contribution is 2.23. The number of hydrogen-bond donors (Lipinski definition) is 1. The quantitative estimate of drug-likeness (QED) is 0.527. The Kier molecular flexibility index (Phi) is 4.29. The fourth-order valence-electron chi connectivity index (χ4n) is 3.16. The summed E-state index contributed by atoms with van der Waals surface area (Å²) in [4.78, 5) is 26.9. The molecule has 1 N–H and O–H groups in total. The largest absolute Gasteiger partial charge is 0.323 e. The molecule has 23 heavy (non-hydrogen) atoms. The molecule has 0 aromatic heterocycles. The first-order valence-corrected chi connectivity index (χ1v) is 7.74. The molecule has 1 saturated heterocycles. The summed E-state index contributed by atoms with van der Waals surface area (Å²) in [6.45, 7) is 5.04. The number of nitrogens with one attached hydrogen (secondary N) is 1. The van der Waals surface area contributed by atoms with Crippen molar-refractivity contribution in [3.63, 3.8) is 0 Å². The van der Waals surface area contributed by atoms with E-state index in [9.17, 15) is 14.9 Å². The zero-order valence-corrected chi connectivity index (χ0v) is 13.1. The van der Waals surface area contributed by atoms with Crippen molar-refractivity contribution in [2.45, 2.75) is 19.4 Å². The minimum atomic E-state index is -0.421. The van der Waals surface area contributed by atoms with Crippen LogP contribution in [-0.2, 0) is 0 Å². The first-order valence-electron chi connectivity index (χ1n) is 7.74. The molecule has 7 heteroatoms. The molecule has 7 nitrogen and oxygen atoms in total. The average molecular weight is 316 g/mol. The molecule has 0 saturated carbocycles. The summed E-state index contributed by atoms with van der Waals surface area (Å²) in [5, 5.41) is 13.7. The van der Waals surface area contributed by atoms with Crippen LogP contribution in [0.2, 0.25) is 0 Å². The van der Waals surface area contributed by atoms with Crippen molar-refractivity contribution < 1.29 is 9.72 Å². The van der Waals surface area contributed by atoms with Crippen molar-refractivity contribution in [1.29, 1.82) is 0 Å². The average Bonchev–Trinajstić information content (AvgIpc) is 3.18. The molecule has 2 amide bonds. The summed E-state index contributed by atoms with van der Waals surface area (Å²) in [6.07, 6.45) is 5.29. The molecule has 122 valence electrons. The summed E-state index contributed by atoms with van der Waals surface area (Å²) in [5.41, 5.74) is 1.19. The van der Waals surface area contributed by atoms with Crippen LogP contribution in [0, 0.1) is 17.0 Å².